The summed E-state index contributed by atoms with van der Waals surface area (Å²) in [5.74, 6) is -1.09. The molecule has 1 atom stereocenters. The Balaban J connectivity index is 1.76. The number of aromatic nitrogens is 2. The highest BCUT2D eigenvalue weighted by Crippen LogP contribution is 2.18. The number of carboxylic acid groups (broad SMARTS) is 1. The highest BCUT2D eigenvalue weighted by atomic mass is 16.4. The predicted octanol–water partition coefficient (Wildman–Crippen LogP) is 0.952. The van der Waals surface area contributed by atoms with Gasteiger partial charge in [-0.1, -0.05) is 6.07 Å². The minimum atomic E-state index is -0.925. The molecule has 0 aromatic carbocycles. The van der Waals surface area contributed by atoms with Gasteiger partial charge in [-0.3, -0.25) is 4.79 Å². The van der Waals surface area contributed by atoms with Crippen molar-refractivity contribution in [2.45, 2.75) is 25.3 Å². The number of carbonyl (C=O) groups is 2. The molecular formula is C14H15N3O3. The summed E-state index contributed by atoms with van der Waals surface area (Å²) in [4.78, 5) is 29.1. The van der Waals surface area contributed by atoms with Gasteiger partial charge in [-0.05, 0) is 25.0 Å². The second kappa shape index (κ2) is 4.96. The summed E-state index contributed by atoms with van der Waals surface area (Å²) in [6, 6.07) is 4.96. The average molecular weight is 273 g/mol. The zero-order chi connectivity index (χ0) is 14.1. The van der Waals surface area contributed by atoms with Crippen LogP contribution >= 0.6 is 0 Å². The Morgan fingerprint density at radius 2 is 2.25 bits per heavy atom. The van der Waals surface area contributed by atoms with Crippen molar-refractivity contribution in [1.29, 1.82) is 0 Å². The first-order chi connectivity index (χ1) is 9.65. The molecule has 0 bridgehead atoms. The Kier molecular flexibility index (Phi) is 3.14. The fraction of sp³-hybridized carbons (Fsp3) is 0.357. The van der Waals surface area contributed by atoms with Gasteiger partial charge in [-0.15, -0.1) is 0 Å². The highest BCUT2D eigenvalue weighted by Gasteiger charge is 2.33. The van der Waals surface area contributed by atoms with Crippen LogP contribution in [0.1, 0.15) is 18.5 Å². The van der Waals surface area contributed by atoms with Crippen LogP contribution in [0.4, 0.5) is 0 Å². The van der Waals surface area contributed by atoms with Crippen molar-refractivity contribution in [2.75, 3.05) is 6.54 Å². The number of hydrogen-bond donors (Lipinski definition) is 1. The number of carboxylic acids is 1. The molecule has 3 rings (SSSR count). The van der Waals surface area contributed by atoms with E-state index in [9.17, 15) is 9.59 Å². The van der Waals surface area contributed by atoms with E-state index in [1.807, 2.05) is 28.8 Å². The largest absolute Gasteiger partial charge is 0.480 e. The first kappa shape index (κ1) is 12.7. The van der Waals surface area contributed by atoms with Gasteiger partial charge >= 0.3 is 5.97 Å². The molecule has 0 saturated carbocycles. The summed E-state index contributed by atoms with van der Waals surface area (Å²) in [7, 11) is 0. The Morgan fingerprint density at radius 1 is 1.40 bits per heavy atom. The third-order valence-electron chi connectivity index (χ3n) is 3.60. The maximum Gasteiger partial charge on any atom is 0.326 e. The minimum absolute atomic E-state index is 0.144. The van der Waals surface area contributed by atoms with Crippen molar-refractivity contribution < 1.29 is 14.7 Å². The second-order valence-corrected chi connectivity index (χ2v) is 4.96. The summed E-state index contributed by atoms with van der Waals surface area (Å²) < 4.78 is 1.85. The molecular weight excluding hydrogens is 258 g/mol. The van der Waals surface area contributed by atoms with E-state index in [4.69, 9.17) is 5.11 Å². The number of carbonyl (C=O) groups excluding carboxylic acids is 1. The van der Waals surface area contributed by atoms with Crippen LogP contribution in [-0.4, -0.2) is 43.9 Å². The molecule has 2 aromatic rings. The smallest absolute Gasteiger partial charge is 0.326 e. The van der Waals surface area contributed by atoms with Crippen molar-refractivity contribution in [3.8, 4) is 0 Å². The van der Waals surface area contributed by atoms with E-state index in [0.29, 0.717) is 18.7 Å². The van der Waals surface area contributed by atoms with Crippen molar-refractivity contribution in [2.24, 2.45) is 0 Å². The van der Waals surface area contributed by atoms with Gasteiger partial charge < -0.3 is 14.4 Å². The van der Waals surface area contributed by atoms with Crippen LogP contribution in [0.25, 0.3) is 5.65 Å². The maximum atomic E-state index is 12.2. The number of hydrogen-bond acceptors (Lipinski definition) is 3. The van der Waals surface area contributed by atoms with Crippen LogP contribution in [0, 0.1) is 0 Å². The van der Waals surface area contributed by atoms with Gasteiger partial charge in [0, 0.05) is 18.9 Å². The number of nitrogens with zero attached hydrogens (tertiary/aromatic N) is 3. The summed E-state index contributed by atoms with van der Waals surface area (Å²) >= 11 is 0. The van der Waals surface area contributed by atoms with Crippen LogP contribution in [0.2, 0.25) is 0 Å². The molecule has 1 aliphatic heterocycles. The van der Waals surface area contributed by atoms with E-state index in [2.05, 4.69) is 4.98 Å². The van der Waals surface area contributed by atoms with Crippen molar-refractivity contribution in [3.63, 3.8) is 0 Å². The molecule has 0 spiro atoms. The second-order valence-electron chi connectivity index (χ2n) is 4.96. The topological polar surface area (TPSA) is 74.9 Å². The van der Waals surface area contributed by atoms with E-state index in [0.717, 1.165) is 12.1 Å². The number of fused-ring (bicyclic) bond motifs is 1. The van der Waals surface area contributed by atoms with Crippen LogP contribution in [-0.2, 0) is 16.0 Å². The van der Waals surface area contributed by atoms with Gasteiger partial charge in [0.1, 0.15) is 11.7 Å². The number of rotatable bonds is 3. The monoisotopic (exact) mass is 273 g/mol. The average Bonchev–Trinajstić information content (AvgIpc) is 3.04. The van der Waals surface area contributed by atoms with E-state index < -0.39 is 12.0 Å². The van der Waals surface area contributed by atoms with Gasteiger partial charge in [-0.25, -0.2) is 9.78 Å². The molecule has 2 aromatic heterocycles. The third kappa shape index (κ3) is 2.24. The standard InChI is InChI=1S/C14H15N3O3/c18-13(17-7-3-4-11(17)14(19)20)8-10-9-16-6-2-1-5-12(16)15-10/h1-2,5-6,9,11H,3-4,7-8H2,(H,19,20)/t11-/m0/s1. The molecule has 6 heteroatoms. The number of pyridine rings is 1. The minimum Gasteiger partial charge on any atom is -0.480 e. The number of aliphatic carboxylic acids is 1. The van der Waals surface area contributed by atoms with E-state index in [1.165, 1.54) is 4.90 Å². The lowest BCUT2D eigenvalue weighted by molar-refractivity contribution is -0.148. The molecule has 20 heavy (non-hydrogen) atoms. The normalized spacial score (nSPS) is 18.6. The molecule has 0 unspecified atom stereocenters. The zero-order valence-electron chi connectivity index (χ0n) is 10.9. The Hall–Kier alpha value is -2.37. The fourth-order valence-electron chi connectivity index (χ4n) is 2.65. The van der Waals surface area contributed by atoms with Gasteiger partial charge in [-0.2, -0.15) is 0 Å². The number of likely N-dealkylation sites (tertiary alicyclic amines) is 1. The molecule has 0 radical (unpaired) electrons. The summed E-state index contributed by atoms with van der Waals surface area (Å²) in [6.07, 6.45) is 5.09. The van der Waals surface area contributed by atoms with E-state index >= 15 is 0 Å². The first-order valence-electron chi connectivity index (χ1n) is 6.60. The van der Waals surface area contributed by atoms with Crippen LogP contribution < -0.4 is 0 Å². The van der Waals surface area contributed by atoms with Crippen molar-refractivity contribution >= 4 is 17.5 Å². The molecule has 104 valence electrons. The zero-order valence-corrected chi connectivity index (χ0v) is 10.9. The number of amides is 1. The van der Waals surface area contributed by atoms with Gasteiger partial charge in [0.2, 0.25) is 5.91 Å². The fourth-order valence-corrected chi connectivity index (χ4v) is 2.65. The summed E-state index contributed by atoms with van der Waals surface area (Å²) in [5, 5.41) is 9.10. The molecule has 1 N–H and O–H groups in total. The highest BCUT2D eigenvalue weighted by molar-refractivity contribution is 5.85. The quantitative estimate of drug-likeness (QED) is 0.903. The van der Waals surface area contributed by atoms with Crippen LogP contribution in [0.3, 0.4) is 0 Å². The van der Waals surface area contributed by atoms with Gasteiger partial charge in [0.25, 0.3) is 0 Å². The molecule has 1 aliphatic rings. The molecule has 1 fully saturated rings. The lowest BCUT2D eigenvalue weighted by Crippen LogP contribution is -2.41. The van der Waals surface area contributed by atoms with Crippen molar-refractivity contribution in [1.82, 2.24) is 14.3 Å². The molecule has 6 nitrogen and oxygen atoms in total. The maximum absolute atomic E-state index is 12.2. The third-order valence-corrected chi connectivity index (χ3v) is 3.60. The Labute approximate surface area is 115 Å². The lowest BCUT2D eigenvalue weighted by atomic mass is 10.2. The Morgan fingerprint density at radius 3 is 3.00 bits per heavy atom. The van der Waals surface area contributed by atoms with Crippen molar-refractivity contribution in [3.05, 3.63) is 36.3 Å². The van der Waals surface area contributed by atoms with E-state index in [-0.39, 0.29) is 12.3 Å². The van der Waals surface area contributed by atoms with Gasteiger partial charge in [0.05, 0.1) is 12.1 Å². The molecule has 1 saturated heterocycles. The van der Waals surface area contributed by atoms with E-state index in [1.54, 1.807) is 6.20 Å². The SMILES string of the molecule is O=C(O)[C@@H]1CCCN1C(=O)Cc1cn2ccccc2n1. The first-order valence-corrected chi connectivity index (χ1v) is 6.60. The molecule has 3 heterocycles. The predicted molar refractivity (Wildman–Crippen MR) is 71.3 cm³/mol. The molecule has 1 amide bonds. The van der Waals surface area contributed by atoms with Crippen LogP contribution in [0.15, 0.2) is 30.6 Å². The molecule has 0 aliphatic carbocycles. The number of imidazole rings is 1. The Bertz CT molecular complexity index is 631. The van der Waals surface area contributed by atoms with Crippen LogP contribution in [0.5, 0.6) is 0 Å². The summed E-state index contributed by atoms with van der Waals surface area (Å²) in [6.45, 7) is 0.517. The lowest BCUT2D eigenvalue weighted by Gasteiger charge is -2.20. The summed E-state index contributed by atoms with van der Waals surface area (Å²) in [5.41, 5.74) is 1.45. The van der Waals surface area contributed by atoms with Gasteiger partial charge in [0.15, 0.2) is 0 Å².